The number of carbonyl (C=O) groups excluding carboxylic acids is 1. The molecule has 3 aromatic carbocycles. The quantitative estimate of drug-likeness (QED) is 0.481. The average Bonchev–Trinajstić information content (AvgIpc) is 2.76. The molecule has 0 unspecified atom stereocenters. The van der Waals surface area contributed by atoms with Gasteiger partial charge < -0.3 is 20.7 Å². The third kappa shape index (κ3) is 6.07. The van der Waals surface area contributed by atoms with Crippen molar-refractivity contribution in [2.75, 3.05) is 19.7 Å². The Balaban J connectivity index is 1.64. The molecule has 6 heteroatoms. The van der Waals surface area contributed by atoms with Crippen molar-refractivity contribution in [3.05, 3.63) is 95.6 Å². The summed E-state index contributed by atoms with van der Waals surface area (Å²) in [7, 11) is 0. The lowest BCUT2D eigenvalue weighted by Crippen LogP contribution is -2.32. The van der Waals surface area contributed by atoms with Gasteiger partial charge in [0, 0.05) is 19.6 Å². The molecule has 0 aromatic heterocycles. The maximum atomic E-state index is 11.4. The second-order valence-corrected chi connectivity index (χ2v) is 7.04. The summed E-state index contributed by atoms with van der Waals surface area (Å²) in [4.78, 5) is 13.5. The van der Waals surface area contributed by atoms with Crippen LogP contribution in [0, 0.1) is 0 Å². The van der Waals surface area contributed by atoms with Crippen LogP contribution in [0.3, 0.4) is 0 Å². The van der Waals surface area contributed by atoms with Crippen molar-refractivity contribution >= 4 is 5.91 Å². The number of ether oxygens (including phenoxy) is 1. The largest absolute Gasteiger partial charge is 0.507 e. The Morgan fingerprint density at radius 1 is 1.00 bits per heavy atom. The van der Waals surface area contributed by atoms with Crippen molar-refractivity contribution in [3.63, 3.8) is 0 Å². The fraction of sp³-hybridized carbons (Fsp3) is 0.208. The zero-order valence-electron chi connectivity index (χ0n) is 16.6. The lowest BCUT2D eigenvalue weighted by molar-refractivity contribution is 0.0977. The van der Waals surface area contributed by atoms with Crippen LogP contribution in [0.25, 0.3) is 0 Å². The van der Waals surface area contributed by atoms with Gasteiger partial charge in [-0.1, -0.05) is 60.7 Å². The second-order valence-electron chi connectivity index (χ2n) is 7.04. The van der Waals surface area contributed by atoms with Crippen molar-refractivity contribution in [2.45, 2.75) is 12.6 Å². The number of benzene rings is 3. The van der Waals surface area contributed by atoms with Gasteiger partial charge in [-0.15, -0.1) is 0 Å². The number of hydrogen-bond acceptors (Lipinski definition) is 5. The van der Waals surface area contributed by atoms with Crippen LogP contribution in [0.1, 0.15) is 27.6 Å². The van der Waals surface area contributed by atoms with Gasteiger partial charge in [-0.2, -0.15) is 0 Å². The molecular formula is C24H26N2O4. The first-order chi connectivity index (χ1) is 14.5. The number of rotatable bonds is 10. The molecule has 3 rings (SSSR count). The number of aliphatic hydroxyl groups excluding tert-OH is 1. The molecule has 0 saturated carbocycles. The maximum Gasteiger partial charge on any atom is 0.252 e. The molecule has 1 atom stereocenters. The van der Waals surface area contributed by atoms with Gasteiger partial charge in [0.25, 0.3) is 5.91 Å². The summed E-state index contributed by atoms with van der Waals surface area (Å²) in [5, 5.41) is 20.3. The molecule has 0 aliphatic carbocycles. The lowest BCUT2D eigenvalue weighted by atomic mass is 10.1. The molecule has 0 bridgehead atoms. The van der Waals surface area contributed by atoms with E-state index in [9.17, 15) is 15.0 Å². The smallest absolute Gasteiger partial charge is 0.252 e. The van der Waals surface area contributed by atoms with E-state index in [1.54, 1.807) is 6.07 Å². The number of nitrogens with two attached hydrogens (primary N) is 1. The Bertz CT molecular complexity index is 948. The third-order valence-corrected chi connectivity index (χ3v) is 4.77. The van der Waals surface area contributed by atoms with Crippen LogP contribution in [0.15, 0.2) is 78.9 Å². The minimum Gasteiger partial charge on any atom is -0.507 e. The molecule has 0 spiro atoms. The van der Waals surface area contributed by atoms with E-state index in [1.165, 1.54) is 12.1 Å². The molecule has 0 heterocycles. The van der Waals surface area contributed by atoms with E-state index in [-0.39, 0.29) is 11.3 Å². The van der Waals surface area contributed by atoms with E-state index in [4.69, 9.17) is 10.5 Å². The highest BCUT2D eigenvalue weighted by Crippen LogP contribution is 2.23. The predicted octanol–water partition coefficient (Wildman–Crippen LogP) is 3.11. The molecule has 0 aliphatic rings. The summed E-state index contributed by atoms with van der Waals surface area (Å²) in [5.41, 5.74) is 7.29. The Hall–Kier alpha value is -3.35. The van der Waals surface area contributed by atoms with Crippen LogP contribution in [0.4, 0.5) is 0 Å². The second kappa shape index (κ2) is 10.4. The lowest BCUT2D eigenvalue weighted by Gasteiger charge is -2.25. The summed E-state index contributed by atoms with van der Waals surface area (Å²) >= 11 is 0. The number of aliphatic hydroxyl groups is 1. The van der Waals surface area contributed by atoms with Gasteiger partial charge >= 0.3 is 0 Å². The first-order valence-electron chi connectivity index (χ1n) is 9.78. The summed E-state index contributed by atoms with van der Waals surface area (Å²) in [5.74, 6) is -0.439. The Morgan fingerprint density at radius 2 is 1.67 bits per heavy atom. The van der Waals surface area contributed by atoms with Crippen molar-refractivity contribution in [1.29, 1.82) is 0 Å². The molecule has 156 valence electrons. The first kappa shape index (κ1) is 21.4. The topological polar surface area (TPSA) is 96.0 Å². The van der Waals surface area contributed by atoms with Crippen LogP contribution >= 0.6 is 0 Å². The van der Waals surface area contributed by atoms with Gasteiger partial charge in [0.2, 0.25) is 0 Å². The zero-order valence-corrected chi connectivity index (χ0v) is 16.6. The van der Waals surface area contributed by atoms with Gasteiger partial charge in [-0.3, -0.25) is 9.69 Å². The van der Waals surface area contributed by atoms with Gasteiger partial charge in [0.15, 0.2) is 0 Å². The summed E-state index contributed by atoms with van der Waals surface area (Å²) < 4.78 is 5.77. The fourth-order valence-corrected chi connectivity index (χ4v) is 3.20. The highest BCUT2D eigenvalue weighted by molar-refractivity contribution is 5.95. The molecule has 0 radical (unpaired) electrons. The molecule has 0 fully saturated rings. The highest BCUT2D eigenvalue weighted by Gasteiger charge is 2.15. The number of carbonyl (C=O) groups is 1. The monoisotopic (exact) mass is 406 g/mol. The predicted molar refractivity (Wildman–Crippen MR) is 115 cm³/mol. The first-order valence-corrected chi connectivity index (χ1v) is 9.78. The van der Waals surface area contributed by atoms with Gasteiger partial charge in [-0.05, 0) is 29.3 Å². The van der Waals surface area contributed by atoms with Gasteiger partial charge in [0.05, 0.1) is 11.7 Å². The SMILES string of the molecule is NC(=O)c1cc(OCCN(Cc2ccccc2)C[C@H](O)c2ccccc2)ccc1O. The van der Waals surface area contributed by atoms with Crippen LogP contribution in [-0.2, 0) is 6.54 Å². The molecule has 6 nitrogen and oxygen atoms in total. The van der Waals surface area contributed by atoms with Crippen LogP contribution in [0.2, 0.25) is 0 Å². The van der Waals surface area contributed by atoms with E-state index >= 15 is 0 Å². The van der Waals surface area contributed by atoms with Crippen molar-refractivity contribution in [2.24, 2.45) is 5.73 Å². The van der Waals surface area contributed by atoms with Crippen molar-refractivity contribution in [3.8, 4) is 11.5 Å². The summed E-state index contributed by atoms with van der Waals surface area (Å²) in [6.45, 7) is 2.02. The maximum absolute atomic E-state index is 11.4. The normalized spacial score (nSPS) is 11.9. The van der Waals surface area contributed by atoms with E-state index in [1.807, 2.05) is 60.7 Å². The molecule has 3 aromatic rings. The number of primary amides is 1. The van der Waals surface area contributed by atoms with Crippen LogP contribution in [0.5, 0.6) is 11.5 Å². The Kier molecular flexibility index (Phi) is 7.43. The summed E-state index contributed by atoms with van der Waals surface area (Å²) in [6.07, 6.45) is -0.620. The fourth-order valence-electron chi connectivity index (χ4n) is 3.20. The third-order valence-electron chi connectivity index (χ3n) is 4.77. The standard InChI is InChI=1S/C24H26N2O4/c25-24(29)21-15-20(11-12-22(21)27)30-14-13-26(16-18-7-3-1-4-8-18)17-23(28)19-9-5-2-6-10-19/h1-12,15,23,27-28H,13-14,16-17H2,(H2,25,29)/t23-/m0/s1. The van der Waals surface area contributed by atoms with Crippen LogP contribution < -0.4 is 10.5 Å². The number of hydrogen-bond donors (Lipinski definition) is 3. The van der Waals surface area contributed by atoms with E-state index in [2.05, 4.69) is 4.90 Å². The van der Waals surface area contributed by atoms with Crippen molar-refractivity contribution in [1.82, 2.24) is 4.90 Å². The minimum atomic E-state index is -0.713. The molecular weight excluding hydrogens is 380 g/mol. The molecule has 30 heavy (non-hydrogen) atoms. The Labute approximate surface area is 176 Å². The van der Waals surface area contributed by atoms with Crippen LogP contribution in [-0.4, -0.2) is 40.7 Å². The number of nitrogens with zero attached hydrogens (tertiary/aromatic N) is 1. The van der Waals surface area contributed by atoms with E-state index < -0.39 is 12.0 Å². The van der Waals surface area contributed by atoms with E-state index in [0.29, 0.717) is 32.0 Å². The van der Waals surface area contributed by atoms with E-state index in [0.717, 1.165) is 11.1 Å². The minimum absolute atomic E-state index is 0.0214. The molecule has 4 N–H and O–H groups in total. The number of aromatic hydroxyl groups is 1. The van der Waals surface area contributed by atoms with Gasteiger partial charge in [-0.25, -0.2) is 0 Å². The van der Waals surface area contributed by atoms with Gasteiger partial charge in [0.1, 0.15) is 18.1 Å². The molecule has 1 amide bonds. The number of phenols is 1. The molecule has 0 saturated heterocycles. The number of amides is 1. The average molecular weight is 406 g/mol. The summed E-state index contributed by atoms with van der Waals surface area (Å²) in [6, 6.07) is 24.0. The Morgan fingerprint density at radius 3 is 2.33 bits per heavy atom. The van der Waals surface area contributed by atoms with Crippen molar-refractivity contribution < 1.29 is 19.7 Å². The zero-order chi connectivity index (χ0) is 21.3. The molecule has 0 aliphatic heterocycles. The highest BCUT2D eigenvalue weighted by atomic mass is 16.5.